The van der Waals surface area contributed by atoms with Crippen molar-refractivity contribution in [1.29, 1.82) is 0 Å². The van der Waals surface area contributed by atoms with Crippen molar-refractivity contribution in [1.82, 2.24) is 4.98 Å². The summed E-state index contributed by atoms with van der Waals surface area (Å²) >= 11 is 0. The van der Waals surface area contributed by atoms with Crippen LogP contribution in [-0.4, -0.2) is 22.0 Å². The van der Waals surface area contributed by atoms with Gasteiger partial charge in [-0.25, -0.2) is 4.98 Å². The Morgan fingerprint density at radius 3 is 2.26 bits per heavy atom. The molecule has 1 heterocycles. The molecule has 0 spiro atoms. The largest absolute Gasteiger partial charge is 0.393 e. The van der Waals surface area contributed by atoms with Crippen LogP contribution in [0.25, 0.3) is 33.3 Å². The molecule has 3 aromatic carbocycles. The molecule has 0 aliphatic heterocycles. The zero-order valence-electron chi connectivity index (χ0n) is 17.8. The lowest BCUT2D eigenvalue weighted by atomic mass is 9.96. The molecule has 0 radical (unpaired) electrons. The van der Waals surface area contributed by atoms with E-state index >= 15 is 0 Å². The fourth-order valence-corrected chi connectivity index (χ4v) is 3.84. The predicted octanol–water partition coefficient (Wildman–Crippen LogP) is 6.23. The van der Waals surface area contributed by atoms with Crippen LogP contribution in [0.4, 0.5) is 0 Å². The van der Waals surface area contributed by atoms with Gasteiger partial charge in [0.1, 0.15) is 5.78 Å². The number of carbonyl (C=O) groups excluding carboxylic acids is 1. The number of carbonyl (C=O) groups is 1. The Bertz CT molecular complexity index is 1170. The number of aromatic nitrogens is 1. The normalized spacial score (nSPS) is 12.1. The molecule has 0 saturated carbocycles. The van der Waals surface area contributed by atoms with E-state index in [1.807, 2.05) is 55.5 Å². The Labute approximate surface area is 183 Å². The van der Waals surface area contributed by atoms with Crippen LogP contribution in [0.2, 0.25) is 0 Å². The summed E-state index contributed by atoms with van der Waals surface area (Å²) in [4.78, 5) is 17.4. The van der Waals surface area contributed by atoms with Crippen molar-refractivity contribution in [3.63, 3.8) is 0 Å². The summed E-state index contributed by atoms with van der Waals surface area (Å²) < 4.78 is 0. The summed E-state index contributed by atoms with van der Waals surface area (Å²) in [6.07, 6.45) is 1.61. The third-order valence-corrected chi connectivity index (χ3v) is 5.64. The molecule has 4 aromatic rings. The molecular weight excluding hydrogens is 382 g/mol. The highest BCUT2D eigenvalue weighted by molar-refractivity contribution is 5.92. The van der Waals surface area contributed by atoms with Crippen molar-refractivity contribution in [3.05, 3.63) is 90.5 Å². The number of Topliss-reactive ketones (excluding diaryl/α,β-unsaturated/α-hetero) is 1. The first-order valence-corrected chi connectivity index (χ1v) is 10.9. The van der Waals surface area contributed by atoms with E-state index in [1.165, 1.54) is 0 Å². The van der Waals surface area contributed by atoms with Crippen LogP contribution in [-0.2, 0) is 11.2 Å². The van der Waals surface area contributed by atoms with Crippen LogP contribution >= 0.6 is 0 Å². The molecule has 31 heavy (non-hydrogen) atoms. The molecule has 0 aliphatic carbocycles. The number of rotatable bonds is 8. The average Bonchev–Trinajstić information content (AvgIpc) is 2.82. The lowest BCUT2D eigenvalue weighted by Gasteiger charge is -2.12. The van der Waals surface area contributed by atoms with Gasteiger partial charge in [0.15, 0.2) is 0 Å². The lowest BCUT2D eigenvalue weighted by molar-refractivity contribution is -0.119. The van der Waals surface area contributed by atoms with E-state index in [4.69, 9.17) is 4.98 Å². The molecule has 156 valence electrons. The van der Waals surface area contributed by atoms with Crippen LogP contribution < -0.4 is 0 Å². The van der Waals surface area contributed by atoms with E-state index in [9.17, 15) is 9.90 Å². The number of fused-ring (bicyclic) bond motifs is 1. The van der Waals surface area contributed by atoms with Gasteiger partial charge in [-0.1, -0.05) is 73.7 Å². The van der Waals surface area contributed by atoms with Crippen LogP contribution in [0.3, 0.4) is 0 Å². The second-order valence-corrected chi connectivity index (χ2v) is 7.96. The second-order valence-electron chi connectivity index (χ2n) is 7.96. The minimum Gasteiger partial charge on any atom is -0.393 e. The van der Waals surface area contributed by atoms with E-state index in [0.29, 0.717) is 25.7 Å². The molecule has 4 rings (SSSR count). The van der Waals surface area contributed by atoms with E-state index in [2.05, 4.69) is 36.4 Å². The topological polar surface area (TPSA) is 50.2 Å². The van der Waals surface area contributed by atoms with E-state index in [0.717, 1.165) is 38.9 Å². The van der Waals surface area contributed by atoms with Gasteiger partial charge in [-0.3, -0.25) is 4.79 Å². The average molecular weight is 410 g/mol. The highest BCUT2D eigenvalue weighted by Gasteiger charge is 2.13. The Balaban J connectivity index is 1.70. The molecule has 3 heteroatoms. The van der Waals surface area contributed by atoms with Crippen molar-refractivity contribution < 1.29 is 9.90 Å². The molecule has 0 saturated heterocycles. The number of ketones is 1. The lowest BCUT2D eigenvalue weighted by Crippen LogP contribution is -2.10. The van der Waals surface area contributed by atoms with Gasteiger partial charge in [0.2, 0.25) is 0 Å². The molecule has 0 bridgehead atoms. The Morgan fingerprint density at radius 1 is 0.903 bits per heavy atom. The maximum Gasteiger partial charge on any atom is 0.137 e. The Kier molecular flexibility index (Phi) is 6.54. The number of nitrogens with zero attached hydrogens (tertiary/aromatic N) is 1. The molecular formula is C28H27NO2. The summed E-state index contributed by atoms with van der Waals surface area (Å²) in [5.41, 5.74) is 6.13. The zero-order valence-corrected chi connectivity index (χ0v) is 17.8. The van der Waals surface area contributed by atoms with Gasteiger partial charge in [-0.15, -0.1) is 0 Å². The number of benzene rings is 3. The molecule has 1 N–H and O–H groups in total. The summed E-state index contributed by atoms with van der Waals surface area (Å²) in [5.74, 6) is 0.156. The number of aliphatic hydroxyl groups is 1. The van der Waals surface area contributed by atoms with Gasteiger partial charge in [0.05, 0.1) is 17.3 Å². The fraction of sp³-hybridized carbons (Fsp3) is 0.214. The third-order valence-electron chi connectivity index (χ3n) is 5.64. The van der Waals surface area contributed by atoms with Gasteiger partial charge >= 0.3 is 0 Å². The van der Waals surface area contributed by atoms with Crippen molar-refractivity contribution >= 4 is 16.7 Å². The first-order valence-electron chi connectivity index (χ1n) is 10.9. The zero-order chi connectivity index (χ0) is 21.6. The molecule has 0 aliphatic rings. The van der Waals surface area contributed by atoms with Crippen LogP contribution in [0, 0.1) is 0 Å². The summed E-state index contributed by atoms with van der Waals surface area (Å²) in [7, 11) is 0. The van der Waals surface area contributed by atoms with Gasteiger partial charge in [0.25, 0.3) is 0 Å². The van der Waals surface area contributed by atoms with Crippen LogP contribution in [0.1, 0.15) is 31.7 Å². The maximum absolute atomic E-state index is 12.4. The number of pyridine rings is 1. The highest BCUT2D eigenvalue weighted by Crippen LogP contribution is 2.33. The quantitative estimate of drug-likeness (QED) is 0.375. The minimum atomic E-state index is -0.394. The molecule has 0 amide bonds. The standard InChI is InChI=1S/C28H27NO2/c1-2-24(30)14-15-25(31)18-20-13-16-27-23(17-20)19-26(21-9-5-3-6-10-21)28(29-27)22-11-7-4-8-12-22/h3-13,16-17,19,24,30H,2,14-15,18H2,1H3. The smallest absolute Gasteiger partial charge is 0.137 e. The van der Waals surface area contributed by atoms with E-state index in [1.54, 1.807) is 0 Å². The van der Waals surface area contributed by atoms with Gasteiger partial charge in [-0.2, -0.15) is 0 Å². The number of hydrogen-bond acceptors (Lipinski definition) is 3. The van der Waals surface area contributed by atoms with E-state index in [-0.39, 0.29) is 5.78 Å². The monoisotopic (exact) mass is 409 g/mol. The summed E-state index contributed by atoms with van der Waals surface area (Å²) in [6.45, 7) is 1.93. The molecule has 1 aromatic heterocycles. The fourth-order valence-electron chi connectivity index (χ4n) is 3.84. The first kappa shape index (κ1) is 21.0. The van der Waals surface area contributed by atoms with Crippen molar-refractivity contribution in [3.8, 4) is 22.4 Å². The minimum absolute atomic E-state index is 0.156. The molecule has 1 unspecified atom stereocenters. The van der Waals surface area contributed by atoms with Crippen molar-refractivity contribution in [2.45, 2.75) is 38.7 Å². The third kappa shape index (κ3) is 5.07. The van der Waals surface area contributed by atoms with Crippen molar-refractivity contribution in [2.75, 3.05) is 0 Å². The Hall–Kier alpha value is -3.30. The van der Waals surface area contributed by atoms with E-state index < -0.39 is 6.10 Å². The van der Waals surface area contributed by atoms with Gasteiger partial charge in [-0.05, 0) is 42.2 Å². The molecule has 1 atom stereocenters. The van der Waals surface area contributed by atoms with Gasteiger partial charge < -0.3 is 5.11 Å². The highest BCUT2D eigenvalue weighted by atomic mass is 16.3. The van der Waals surface area contributed by atoms with Crippen LogP contribution in [0.5, 0.6) is 0 Å². The molecule has 3 nitrogen and oxygen atoms in total. The number of aliphatic hydroxyl groups excluding tert-OH is 1. The predicted molar refractivity (Wildman–Crippen MR) is 127 cm³/mol. The number of hydrogen-bond donors (Lipinski definition) is 1. The van der Waals surface area contributed by atoms with Crippen molar-refractivity contribution in [2.24, 2.45) is 0 Å². The Morgan fingerprint density at radius 2 is 1.58 bits per heavy atom. The second kappa shape index (κ2) is 9.67. The molecule has 0 fully saturated rings. The first-order chi connectivity index (χ1) is 15.1. The summed E-state index contributed by atoms with van der Waals surface area (Å²) in [6, 6.07) is 28.7. The summed E-state index contributed by atoms with van der Waals surface area (Å²) in [5, 5.41) is 10.7. The van der Waals surface area contributed by atoms with Crippen LogP contribution in [0.15, 0.2) is 84.9 Å². The maximum atomic E-state index is 12.4. The SMILES string of the molecule is CCC(O)CCC(=O)Cc1ccc2nc(-c3ccccc3)c(-c3ccccc3)cc2c1. The van der Waals surface area contributed by atoms with Gasteiger partial charge in [0, 0.05) is 29.4 Å².